The lowest BCUT2D eigenvalue weighted by Gasteiger charge is -2.21. The lowest BCUT2D eigenvalue weighted by molar-refractivity contribution is 0.0695. The first kappa shape index (κ1) is 16.0. The van der Waals surface area contributed by atoms with E-state index < -0.39 is 12.0 Å². The van der Waals surface area contributed by atoms with Gasteiger partial charge in [0.25, 0.3) is 5.56 Å². The third-order valence-electron chi connectivity index (χ3n) is 3.67. The Kier molecular flexibility index (Phi) is 4.44. The van der Waals surface area contributed by atoms with Crippen LogP contribution in [0.3, 0.4) is 0 Å². The SMILES string of the molecule is O=C(O)c1ccc(=O)n([C@@H](c2ccncc2)c2ccc(Cl)cc2)c1. The second kappa shape index (κ2) is 6.68. The molecule has 120 valence electrons. The highest BCUT2D eigenvalue weighted by Gasteiger charge is 2.19. The molecule has 1 N–H and O–H groups in total. The van der Waals surface area contributed by atoms with E-state index in [-0.39, 0.29) is 11.1 Å². The first-order valence-electron chi connectivity index (χ1n) is 7.17. The largest absolute Gasteiger partial charge is 0.478 e. The average Bonchev–Trinajstić information content (AvgIpc) is 2.59. The molecule has 0 aliphatic heterocycles. The molecule has 0 radical (unpaired) electrons. The summed E-state index contributed by atoms with van der Waals surface area (Å²) in [5.74, 6) is -1.09. The van der Waals surface area contributed by atoms with Gasteiger partial charge in [0.15, 0.2) is 0 Å². The van der Waals surface area contributed by atoms with Crippen LogP contribution < -0.4 is 5.56 Å². The third kappa shape index (κ3) is 3.21. The van der Waals surface area contributed by atoms with Gasteiger partial charge in [0.05, 0.1) is 11.6 Å². The van der Waals surface area contributed by atoms with Crippen LogP contribution in [0.15, 0.2) is 71.9 Å². The van der Waals surface area contributed by atoms with Crippen molar-refractivity contribution in [3.63, 3.8) is 0 Å². The van der Waals surface area contributed by atoms with Crippen LogP contribution in [0.2, 0.25) is 5.02 Å². The number of halogens is 1. The summed E-state index contributed by atoms with van der Waals surface area (Å²) in [5.41, 5.74) is 1.38. The molecule has 0 aliphatic carbocycles. The number of hydrogen-bond donors (Lipinski definition) is 1. The first-order valence-corrected chi connectivity index (χ1v) is 7.55. The molecular formula is C18H13ClN2O3. The zero-order valence-corrected chi connectivity index (χ0v) is 13.2. The van der Waals surface area contributed by atoms with Crippen LogP contribution in [-0.4, -0.2) is 20.6 Å². The van der Waals surface area contributed by atoms with Gasteiger partial charge in [0.1, 0.15) is 0 Å². The maximum Gasteiger partial charge on any atom is 0.337 e. The molecule has 0 fully saturated rings. The van der Waals surface area contributed by atoms with E-state index in [0.717, 1.165) is 11.1 Å². The van der Waals surface area contributed by atoms with Crippen LogP contribution in [0.5, 0.6) is 0 Å². The average molecular weight is 341 g/mol. The monoisotopic (exact) mass is 340 g/mol. The molecule has 0 amide bonds. The number of pyridine rings is 2. The van der Waals surface area contributed by atoms with E-state index in [2.05, 4.69) is 4.98 Å². The molecular weight excluding hydrogens is 328 g/mol. The molecule has 0 unspecified atom stereocenters. The minimum atomic E-state index is -1.09. The fourth-order valence-corrected chi connectivity index (χ4v) is 2.66. The summed E-state index contributed by atoms with van der Waals surface area (Å²) in [6.45, 7) is 0. The van der Waals surface area contributed by atoms with E-state index in [1.165, 1.54) is 22.9 Å². The predicted molar refractivity (Wildman–Crippen MR) is 90.6 cm³/mol. The second-order valence-electron chi connectivity index (χ2n) is 5.20. The molecule has 6 heteroatoms. The van der Waals surface area contributed by atoms with Crippen molar-refractivity contribution in [1.29, 1.82) is 0 Å². The van der Waals surface area contributed by atoms with E-state index in [0.29, 0.717) is 5.02 Å². The molecule has 24 heavy (non-hydrogen) atoms. The molecule has 3 aromatic rings. The van der Waals surface area contributed by atoms with Crippen molar-refractivity contribution in [3.05, 3.63) is 99.2 Å². The fourth-order valence-electron chi connectivity index (χ4n) is 2.54. The van der Waals surface area contributed by atoms with Crippen molar-refractivity contribution in [2.45, 2.75) is 6.04 Å². The van der Waals surface area contributed by atoms with E-state index in [1.807, 2.05) is 12.1 Å². The van der Waals surface area contributed by atoms with Gasteiger partial charge in [-0.3, -0.25) is 9.78 Å². The van der Waals surface area contributed by atoms with Crippen LogP contribution in [0.25, 0.3) is 0 Å². The minimum Gasteiger partial charge on any atom is -0.478 e. The Labute approximate surface area is 142 Å². The maximum atomic E-state index is 12.4. The number of aromatic nitrogens is 2. The van der Waals surface area contributed by atoms with Gasteiger partial charge in [-0.05, 0) is 41.5 Å². The number of carboxylic acids is 1. The highest BCUT2D eigenvalue weighted by Crippen LogP contribution is 2.26. The minimum absolute atomic E-state index is 0.0441. The molecule has 0 bridgehead atoms. The number of benzene rings is 1. The summed E-state index contributed by atoms with van der Waals surface area (Å²) in [6.07, 6.45) is 4.61. The molecule has 0 saturated heterocycles. The third-order valence-corrected chi connectivity index (χ3v) is 3.92. The highest BCUT2D eigenvalue weighted by atomic mass is 35.5. The Hall–Kier alpha value is -2.92. The normalized spacial score (nSPS) is 11.9. The molecule has 1 aromatic carbocycles. The van der Waals surface area contributed by atoms with Gasteiger partial charge < -0.3 is 9.67 Å². The maximum absolute atomic E-state index is 12.4. The zero-order valence-electron chi connectivity index (χ0n) is 12.5. The smallest absolute Gasteiger partial charge is 0.337 e. The van der Waals surface area contributed by atoms with E-state index in [1.54, 1.807) is 36.7 Å². The van der Waals surface area contributed by atoms with Gasteiger partial charge in [-0.25, -0.2) is 4.79 Å². The molecule has 5 nitrogen and oxygen atoms in total. The Balaban J connectivity index is 2.22. The van der Waals surface area contributed by atoms with E-state index >= 15 is 0 Å². The van der Waals surface area contributed by atoms with E-state index in [4.69, 9.17) is 11.6 Å². The van der Waals surface area contributed by atoms with Crippen LogP contribution >= 0.6 is 11.6 Å². The van der Waals surface area contributed by atoms with Gasteiger partial charge in [-0.1, -0.05) is 23.7 Å². The molecule has 0 spiro atoms. The Morgan fingerprint density at radius 3 is 2.25 bits per heavy atom. The molecule has 0 saturated carbocycles. The molecule has 0 aliphatic rings. The lowest BCUT2D eigenvalue weighted by Crippen LogP contribution is -2.26. The van der Waals surface area contributed by atoms with Gasteiger partial charge >= 0.3 is 5.97 Å². The van der Waals surface area contributed by atoms with Crippen LogP contribution in [0.1, 0.15) is 27.5 Å². The Bertz CT molecular complexity index is 921. The van der Waals surface area contributed by atoms with Gasteiger partial charge in [0, 0.05) is 29.7 Å². The molecule has 1 atom stereocenters. The standard InChI is InChI=1S/C18H13ClN2O3/c19-15-4-1-12(2-5-15)17(13-7-9-20-10-8-13)21-11-14(18(23)24)3-6-16(21)22/h1-11,17H,(H,23,24)/t17-/m1/s1. The summed E-state index contributed by atoms with van der Waals surface area (Å²) >= 11 is 5.95. The van der Waals surface area contributed by atoms with Crippen molar-refractivity contribution in [2.75, 3.05) is 0 Å². The summed E-state index contributed by atoms with van der Waals surface area (Å²) in [6, 6.07) is 12.8. The Morgan fingerprint density at radius 1 is 1.00 bits per heavy atom. The molecule has 3 rings (SSSR count). The van der Waals surface area contributed by atoms with Gasteiger partial charge in [-0.15, -0.1) is 0 Å². The summed E-state index contributed by atoms with van der Waals surface area (Å²) in [7, 11) is 0. The summed E-state index contributed by atoms with van der Waals surface area (Å²) < 4.78 is 1.40. The van der Waals surface area contributed by atoms with Crippen LogP contribution in [-0.2, 0) is 0 Å². The number of aromatic carboxylic acids is 1. The summed E-state index contributed by atoms with van der Waals surface area (Å²) in [4.78, 5) is 27.6. The number of rotatable bonds is 4. The molecule has 2 heterocycles. The van der Waals surface area contributed by atoms with E-state index in [9.17, 15) is 14.7 Å². The second-order valence-corrected chi connectivity index (χ2v) is 5.64. The number of carbonyl (C=O) groups is 1. The van der Waals surface area contributed by atoms with Crippen molar-refractivity contribution in [2.24, 2.45) is 0 Å². The number of carboxylic acid groups (broad SMARTS) is 1. The van der Waals surface area contributed by atoms with Crippen LogP contribution in [0.4, 0.5) is 0 Å². The topological polar surface area (TPSA) is 72.2 Å². The van der Waals surface area contributed by atoms with Crippen molar-refractivity contribution in [1.82, 2.24) is 9.55 Å². The number of nitrogens with zero attached hydrogens (tertiary/aromatic N) is 2. The fraction of sp³-hybridized carbons (Fsp3) is 0.0556. The van der Waals surface area contributed by atoms with Crippen molar-refractivity contribution < 1.29 is 9.90 Å². The first-order chi connectivity index (χ1) is 11.6. The summed E-state index contributed by atoms with van der Waals surface area (Å²) in [5, 5.41) is 9.80. The zero-order chi connectivity index (χ0) is 17.1. The predicted octanol–water partition coefficient (Wildman–Crippen LogP) is 3.23. The Morgan fingerprint density at radius 2 is 1.62 bits per heavy atom. The van der Waals surface area contributed by atoms with Crippen molar-refractivity contribution in [3.8, 4) is 0 Å². The van der Waals surface area contributed by atoms with Crippen LogP contribution in [0, 0.1) is 0 Å². The molecule has 2 aromatic heterocycles. The number of hydrogen-bond acceptors (Lipinski definition) is 3. The van der Waals surface area contributed by atoms with Gasteiger partial charge in [-0.2, -0.15) is 0 Å². The van der Waals surface area contributed by atoms with Gasteiger partial charge in [0.2, 0.25) is 0 Å². The lowest BCUT2D eigenvalue weighted by atomic mass is 9.99. The van der Waals surface area contributed by atoms with Crippen molar-refractivity contribution >= 4 is 17.6 Å². The highest BCUT2D eigenvalue weighted by molar-refractivity contribution is 6.30. The quantitative estimate of drug-likeness (QED) is 0.791.